The first-order chi connectivity index (χ1) is 13.2. The number of anilines is 1. The average molecular weight is 380 g/mol. The Morgan fingerprint density at radius 2 is 2.15 bits per heavy atom. The molecule has 3 aromatic rings. The number of nitrogens with zero attached hydrogens (tertiary/aromatic N) is 2. The van der Waals surface area contributed by atoms with Gasteiger partial charge in [0, 0.05) is 23.6 Å². The number of thiophene rings is 1. The van der Waals surface area contributed by atoms with Crippen molar-refractivity contribution in [3.05, 3.63) is 85.4 Å². The van der Waals surface area contributed by atoms with E-state index < -0.39 is 0 Å². The third kappa shape index (κ3) is 4.99. The molecular weight excluding hydrogens is 358 g/mol. The van der Waals surface area contributed by atoms with Crippen LogP contribution in [0.3, 0.4) is 0 Å². The lowest BCUT2D eigenvalue weighted by atomic mass is 10.1. The van der Waals surface area contributed by atoms with Gasteiger partial charge in [-0.15, -0.1) is 11.3 Å². The summed E-state index contributed by atoms with van der Waals surface area (Å²) < 4.78 is 7.39. The molecule has 138 valence electrons. The van der Waals surface area contributed by atoms with Gasteiger partial charge in [-0.1, -0.05) is 18.2 Å². The number of hydrogen-bond acceptors (Lipinski definition) is 4. The number of pyridine rings is 1. The van der Waals surface area contributed by atoms with Crippen LogP contribution in [0.4, 0.5) is 5.69 Å². The summed E-state index contributed by atoms with van der Waals surface area (Å²) in [6.07, 6.45) is 2.62. The molecule has 0 bridgehead atoms. The Morgan fingerprint density at radius 1 is 1.26 bits per heavy atom. The molecular formula is C21H22N3O2S+. The first-order valence-electron chi connectivity index (χ1n) is 8.74. The molecule has 2 aromatic heterocycles. The zero-order valence-corrected chi connectivity index (χ0v) is 16.3. The predicted molar refractivity (Wildman–Crippen MR) is 111 cm³/mol. The van der Waals surface area contributed by atoms with Gasteiger partial charge in [-0.05, 0) is 47.1 Å². The van der Waals surface area contributed by atoms with Crippen LogP contribution in [-0.4, -0.2) is 11.2 Å². The highest BCUT2D eigenvalue weighted by molar-refractivity contribution is 7.09. The molecule has 0 aliphatic rings. The molecule has 0 aliphatic carbocycles. The summed E-state index contributed by atoms with van der Waals surface area (Å²) in [7, 11) is 0. The molecule has 0 saturated carbocycles. The SMILES string of the molecule is CC#[N+]Nc1cccc(Cn2ccc(OCCc3cccs3)cc2=O)c1C. The minimum absolute atomic E-state index is 0.0821. The first-order valence-corrected chi connectivity index (χ1v) is 9.62. The van der Waals surface area contributed by atoms with Gasteiger partial charge in [0.15, 0.2) is 0 Å². The number of ether oxygens (including phenoxy) is 1. The molecule has 2 heterocycles. The molecule has 0 atom stereocenters. The van der Waals surface area contributed by atoms with Crippen molar-refractivity contribution in [1.29, 1.82) is 0 Å². The van der Waals surface area contributed by atoms with Crippen molar-refractivity contribution in [2.45, 2.75) is 26.8 Å². The van der Waals surface area contributed by atoms with Gasteiger partial charge in [-0.3, -0.25) is 4.79 Å². The normalized spacial score (nSPS) is 10.1. The number of hydrogen-bond donors (Lipinski definition) is 1. The zero-order valence-electron chi connectivity index (χ0n) is 15.4. The van der Waals surface area contributed by atoms with E-state index in [0.29, 0.717) is 18.9 Å². The molecule has 0 saturated heterocycles. The molecule has 0 radical (unpaired) electrons. The molecule has 0 spiro atoms. The Bertz CT molecular complexity index is 1010. The fourth-order valence-electron chi connectivity index (χ4n) is 2.71. The van der Waals surface area contributed by atoms with E-state index in [4.69, 9.17) is 4.74 Å². The van der Waals surface area contributed by atoms with Gasteiger partial charge in [0.1, 0.15) is 11.4 Å². The summed E-state index contributed by atoms with van der Waals surface area (Å²) in [6, 6.07) is 16.1. The van der Waals surface area contributed by atoms with E-state index in [2.05, 4.69) is 27.9 Å². The van der Waals surface area contributed by atoms with Crippen LogP contribution in [-0.2, 0) is 13.0 Å². The van der Waals surface area contributed by atoms with Crippen LogP contribution in [0.5, 0.6) is 5.75 Å². The standard InChI is InChI=1S/C21H22N3O2S/c1-3-22-23-20-8-4-6-17(16(20)2)15-24-11-9-18(14-21(24)25)26-12-10-19-7-5-13-27-19/h4-9,11,13-14,23H,10,12,15H2,1-2H3/q+1. The van der Waals surface area contributed by atoms with Gasteiger partial charge in [0.2, 0.25) is 0 Å². The molecule has 1 N–H and O–H groups in total. The highest BCUT2D eigenvalue weighted by atomic mass is 32.1. The van der Waals surface area contributed by atoms with E-state index in [0.717, 1.165) is 23.2 Å². The fourth-order valence-corrected chi connectivity index (χ4v) is 3.40. The summed E-state index contributed by atoms with van der Waals surface area (Å²) in [5.41, 5.74) is 5.89. The molecule has 0 fully saturated rings. The van der Waals surface area contributed by atoms with Crippen molar-refractivity contribution in [2.75, 3.05) is 12.0 Å². The maximum atomic E-state index is 12.4. The summed E-state index contributed by atoms with van der Waals surface area (Å²) in [5.74, 6) is 0.604. The van der Waals surface area contributed by atoms with Gasteiger partial charge >= 0.3 is 6.07 Å². The van der Waals surface area contributed by atoms with Crippen LogP contribution in [0, 0.1) is 13.0 Å². The van der Waals surface area contributed by atoms with E-state index >= 15 is 0 Å². The average Bonchev–Trinajstić information content (AvgIpc) is 3.18. The highest BCUT2D eigenvalue weighted by Crippen LogP contribution is 2.20. The first kappa shape index (κ1) is 18.7. The highest BCUT2D eigenvalue weighted by Gasteiger charge is 2.08. The molecule has 0 amide bonds. The summed E-state index contributed by atoms with van der Waals surface area (Å²) in [4.78, 5) is 17.7. The smallest absolute Gasteiger partial charge is 0.316 e. The summed E-state index contributed by atoms with van der Waals surface area (Å²) in [5, 5.41) is 2.05. The van der Waals surface area contributed by atoms with Crippen molar-refractivity contribution >= 4 is 17.0 Å². The predicted octanol–water partition coefficient (Wildman–Crippen LogP) is 4.57. The van der Waals surface area contributed by atoms with Crippen molar-refractivity contribution in [2.24, 2.45) is 0 Å². The number of benzene rings is 1. The summed E-state index contributed by atoms with van der Waals surface area (Å²) >= 11 is 1.71. The monoisotopic (exact) mass is 380 g/mol. The Morgan fingerprint density at radius 3 is 2.89 bits per heavy atom. The Balaban J connectivity index is 1.67. The molecule has 3 rings (SSSR count). The van der Waals surface area contributed by atoms with E-state index in [1.807, 2.05) is 37.3 Å². The van der Waals surface area contributed by atoms with Gasteiger partial charge in [-0.25, -0.2) is 0 Å². The second-order valence-electron chi connectivity index (χ2n) is 6.04. The van der Waals surface area contributed by atoms with Crippen LogP contribution >= 0.6 is 11.3 Å². The van der Waals surface area contributed by atoms with Crippen LogP contribution in [0.2, 0.25) is 0 Å². The van der Waals surface area contributed by atoms with E-state index in [9.17, 15) is 4.79 Å². The molecule has 0 aliphatic heterocycles. The van der Waals surface area contributed by atoms with Gasteiger partial charge < -0.3 is 9.30 Å². The largest absolute Gasteiger partial charge is 0.493 e. The third-order valence-corrected chi connectivity index (χ3v) is 5.18. The van der Waals surface area contributed by atoms with E-state index in [-0.39, 0.29) is 5.56 Å². The fraction of sp³-hybridized carbons (Fsp3) is 0.238. The number of aromatic nitrogens is 1. The third-order valence-electron chi connectivity index (χ3n) is 4.24. The molecule has 5 nitrogen and oxygen atoms in total. The van der Waals surface area contributed by atoms with Crippen molar-refractivity contribution < 1.29 is 4.74 Å². The van der Waals surface area contributed by atoms with Crippen LogP contribution in [0.25, 0.3) is 4.95 Å². The maximum Gasteiger partial charge on any atom is 0.316 e. The Hall–Kier alpha value is -3.04. The van der Waals surface area contributed by atoms with Crippen LogP contribution in [0.1, 0.15) is 22.9 Å². The number of nitrogens with one attached hydrogen (secondary N) is 1. The molecule has 6 heteroatoms. The van der Waals surface area contributed by atoms with Gasteiger partial charge in [0.05, 0.1) is 25.0 Å². The number of rotatable bonds is 7. The zero-order chi connectivity index (χ0) is 19.1. The van der Waals surface area contributed by atoms with E-state index in [1.54, 1.807) is 35.1 Å². The lowest BCUT2D eigenvalue weighted by Gasteiger charge is -2.11. The van der Waals surface area contributed by atoms with Crippen LogP contribution in [0.15, 0.2) is 58.8 Å². The molecule has 0 unspecified atom stereocenters. The minimum atomic E-state index is -0.0821. The van der Waals surface area contributed by atoms with E-state index in [1.165, 1.54) is 4.88 Å². The molecule has 27 heavy (non-hydrogen) atoms. The quantitative estimate of drug-likeness (QED) is 0.611. The Kier molecular flexibility index (Phi) is 6.29. The second kappa shape index (κ2) is 9.06. The topological polar surface area (TPSA) is 47.6 Å². The summed E-state index contributed by atoms with van der Waals surface area (Å²) in [6.45, 7) is 4.80. The van der Waals surface area contributed by atoms with Crippen molar-refractivity contribution in [1.82, 2.24) is 4.57 Å². The lowest BCUT2D eigenvalue weighted by Crippen LogP contribution is -2.20. The second-order valence-corrected chi connectivity index (χ2v) is 7.08. The van der Waals surface area contributed by atoms with Crippen molar-refractivity contribution in [3.8, 4) is 11.8 Å². The van der Waals surface area contributed by atoms with Crippen molar-refractivity contribution in [3.63, 3.8) is 0 Å². The lowest BCUT2D eigenvalue weighted by molar-refractivity contribution is 0.321. The minimum Gasteiger partial charge on any atom is -0.493 e. The maximum absolute atomic E-state index is 12.4. The van der Waals surface area contributed by atoms with Gasteiger partial charge in [-0.2, -0.15) is 0 Å². The molecule has 1 aromatic carbocycles. The van der Waals surface area contributed by atoms with Crippen LogP contribution < -0.4 is 15.7 Å². The Labute approximate surface area is 162 Å². The van der Waals surface area contributed by atoms with Gasteiger partial charge in [0.25, 0.3) is 5.56 Å².